The van der Waals surface area contributed by atoms with Gasteiger partial charge in [0.1, 0.15) is 0 Å². The Kier molecular flexibility index (Phi) is 7.60. The van der Waals surface area contributed by atoms with Crippen LogP contribution >= 0.6 is 11.8 Å². The Morgan fingerprint density at radius 3 is 2.63 bits per heavy atom. The number of carbonyl (C=O) groups excluding carboxylic acids is 1. The minimum absolute atomic E-state index is 0.0421. The molecule has 3 nitrogen and oxygen atoms in total. The maximum atomic E-state index is 12.0. The Balaban J connectivity index is 2.35. The molecule has 2 unspecified atom stereocenters. The van der Waals surface area contributed by atoms with Gasteiger partial charge in [0.2, 0.25) is 5.91 Å². The molecule has 2 atom stereocenters. The number of hydrogen-bond acceptors (Lipinski definition) is 3. The Hall–Kier alpha value is -1.00. The van der Waals surface area contributed by atoms with Gasteiger partial charge in [0.15, 0.2) is 0 Å². The van der Waals surface area contributed by atoms with E-state index in [4.69, 9.17) is 5.73 Å². The van der Waals surface area contributed by atoms with Gasteiger partial charge in [0.05, 0.1) is 5.92 Å². The normalized spacial score (nSPS) is 13.8. The molecule has 0 aliphatic heterocycles. The summed E-state index contributed by atoms with van der Waals surface area (Å²) in [6.07, 6.45) is 4.26. The quantitative estimate of drug-likeness (QED) is 0.720. The molecule has 1 aromatic rings. The summed E-state index contributed by atoms with van der Waals surface area (Å²) in [5.74, 6) is 0.984. The Morgan fingerprint density at radius 1 is 1.32 bits per heavy atom. The molecule has 1 aromatic carbocycles. The SMILES string of the molecule is CSCCCCNC(=O)C(C)C(N)c1ccccc1. The summed E-state index contributed by atoms with van der Waals surface area (Å²) >= 11 is 1.84. The van der Waals surface area contributed by atoms with E-state index in [1.807, 2.05) is 49.0 Å². The van der Waals surface area contributed by atoms with E-state index in [1.165, 1.54) is 0 Å². The molecule has 1 amide bonds. The van der Waals surface area contributed by atoms with Crippen LogP contribution in [0.2, 0.25) is 0 Å². The molecule has 0 heterocycles. The first-order chi connectivity index (χ1) is 9.16. The van der Waals surface area contributed by atoms with Crippen molar-refractivity contribution < 1.29 is 4.79 Å². The monoisotopic (exact) mass is 280 g/mol. The second-order valence-electron chi connectivity index (χ2n) is 4.72. The van der Waals surface area contributed by atoms with Gasteiger partial charge in [0, 0.05) is 12.6 Å². The van der Waals surface area contributed by atoms with E-state index in [-0.39, 0.29) is 17.9 Å². The molecule has 0 bridgehead atoms. The van der Waals surface area contributed by atoms with E-state index < -0.39 is 0 Å². The van der Waals surface area contributed by atoms with Crippen LogP contribution in [0.5, 0.6) is 0 Å². The number of nitrogens with two attached hydrogens (primary N) is 1. The van der Waals surface area contributed by atoms with Crippen LogP contribution in [0.25, 0.3) is 0 Å². The zero-order valence-electron chi connectivity index (χ0n) is 11.8. The second kappa shape index (κ2) is 8.99. The number of benzene rings is 1. The number of carbonyl (C=O) groups is 1. The first-order valence-corrected chi connectivity index (χ1v) is 8.13. The molecule has 3 N–H and O–H groups in total. The smallest absolute Gasteiger partial charge is 0.224 e. The Bertz CT molecular complexity index is 370. The summed E-state index contributed by atoms with van der Waals surface area (Å²) in [7, 11) is 0. The first kappa shape index (κ1) is 16.1. The molecule has 0 saturated heterocycles. The minimum Gasteiger partial charge on any atom is -0.356 e. The second-order valence-corrected chi connectivity index (χ2v) is 5.70. The first-order valence-electron chi connectivity index (χ1n) is 6.74. The molecule has 0 aliphatic rings. The fraction of sp³-hybridized carbons (Fsp3) is 0.533. The van der Waals surface area contributed by atoms with Crippen LogP contribution in [0.1, 0.15) is 31.4 Å². The summed E-state index contributed by atoms with van der Waals surface area (Å²) in [6.45, 7) is 2.63. The van der Waals surface area contributed by atoms with E-state index in [2.05, 4.69) is 11.6 Å². The minimum atomic E-state index is -0.243. The fourth-order valence-corrected chi connectivity index (χ4v) is 2.36. The lowest BCUT2D eigenvalue weighted by Crippen LogP contribution is -2.36. The third-order valence-corrected chi connectivity index (χ3v) is 3.91. The predicted molar refractivity (Wildman–Crippen MR) is 83.2 cm³/mol. The topological polar surface area (TPSA) is 55.1 Å². The van der Waals surface area contributed by atoms with E-state index in [1.54, 1.807) is 0 Å². The molecular weight excluding hydrogens is 256 g/mol. The highest BCUT2D eigenvalue weighted by Gasteiger charge is 2.21. The molecule has 0 radical (unpaired) electrons. The highest BCUT2D eigenvalue weighted by Crippen LogP contribution is 2.18. The van der Waals surface area contributed by atoms with Crippen LogP contribution in [0, 0.1) is 5.92 Å². The van der Waals surface area contributed by atoms with E-state index in [0.717, 1.165) is 30.7 Å². The summed E-state index contributed by atoms with van der Waals surface area (Å²) in [5, 5.41) is 2.96. The van der Waals surface area contributed by atoms with Crippen molar-refractivity contribution in [1.82, 2.24) is 5.32 Å². The van der Waals surface area contributed by atoms with Crippen LogP contribution in [-0.4, -0.2) is 24.5 Å². The van der Waals surface area contributed by atoms with Crippen molar-refractivity contribution in [3.8, 4) is 0 Å². The van der Waals surface area contributed by atoms with Gasteiger partial charge in [-0.3, -0.25) is 4.79 Å². The molecule has 0 fully saturated rings. The number of unbranched alkanes of at least 4 members (excludes halogenated alkanes) is 1. The fourth-order valence-electron chi connectivity index (χ4n) is 1.87. The Morgan fingerprint density at radius 2 is 2.00 bits per heavy atom. The predicted octanol–water partition coefficient (Wildman–Crippen LogP) is 2.58. The number of rotatable bonds is 8. The molecule has 1 rings (SSSR count). The van der Waals surface area contributed by atoms with Crippen molar-refractivity contribution in [2.75, 3.05) is 18.6 Å². The number of amides is 1. The summed E-state index contributed by atoms with van der Waals surface area (Å²) in [4.78, 5) is 12.0. The zero-order valence-corrected chi connectivity index (χ0v) is 12.6. The van der Waals surface area contributed by atoms with Crippen LogP contribution < -0.4 is 11.1 Å². The Labute approximate surface area is 120 Å². The molecule has 106 valence electrons. The highest BCUT2D eigenvalue weighted by molar-refractivity contribution is 7.98. The van der Waals surface area contributed by atoms with Gasteiger partial charge >= 0.3 is 0 Å². The third-order valence-electron chi connectivity index (χ3n) is 3.21. The lowest BCUT2D eigenvalue weighted by atomic mass is 9.95. The summed E-state index contributed by atoms with van der Waals surface area (Å²) < 4.78 is 0. The van der Waals surface area contributed by atoms with Crippen LogP contribution in [0.4, 0.5) is 0 Å². The molecule has 0 aliphatic carbocycles. The average molecular weight is 280 g/mol. The molecule has 0 aromatic heterocycles. The average Bonchev–Trinajstić information content (AvgIpc) is 2.46. The zero-order chi connectivity index (χ0) is 14.1. The van der Waals surface area contributed by atoms with E-state index in [0.29, 0.717) is 0 Å². The van der Waals surface area contributed by atoms with Crippen molar-refractivity contribution in [3.63, 3.8) is 0 Å². The summed E-state index contributed by atoms with van der Waals surface area (Å²) in [5.41, 5.74) is 7.13. The lowest BCUT2D eigenvalue weighted by Gasteiger charge is -2.19. The largest absolute Gasteiger partial charge is 0.356 e. The van der Waals surface area contributed by atoms with E-state index in [9.17, 15) is 4.79 Å². The summed E-state index contributed by atoms with van der Waals surface area (Å²) in [6, 6.07) is 9.53. The van der Waals surface area contributed by atoms with Crippen LogP contribution in [0.3, 0.4) is 0 Å². The van der Waals surface area contributed by atoms with Gasteiger partial charge in [-0.1, -0.05) is 37.3 Å². The van der Waals surface area contributed by atoms with Gasteiger partial charge in [-0.15, -0.1) is 0 Å². The highest BCUT2D eigenvalue weighted by atomic mass is 32.2. The van der Waals surface area contributed by atoms with Gasteiger partial charge in [-0.25, -0.2) is 0 Å². The van der Waals surface area contributed by atoms with Gasteiger partial charge in [0.25, 0.3) is 0 Å². The standard InChI is InChI=1S/C15H24N2OS/c1-12(14(16)13-8-4-3-5-9-13)15(18)17-10-6-7-11-19-2/h3-5,8-9,12,14H,6-7,10-11,16H2,1-2H3,(H,17,18). The lowest BCUT2D eigenvalue weighted by molar-refractivity contribution is -0.125. The van der Waals surface area contributed by atoms with Crippen molar-refractivity contribution in [3.05, 3.63) is 35.9 Å². The number of nitrogens with one attached hydrogen (secondary N) is 1. The van der Waals surface area contributed by atoms with Crippen molar-refractivity contribution in [1.29, 1.82) is 0 Å². The van der Waals surface area contributed by atoms with Crippen molar-refractivity contribution in [2.24, 2.45) is 11.7 Å². The maximum Gasteiger partial charge on any atom is 0.224 e. The number of hydrogen-bond donors (Lipinski definition) is 2. The van der Waals surface area contributed by atoms with Crippen molar-refractivity contribution >= 4 is 17.7 Å². The van der Waals surface area contributed by atoms with Gasteiger partial charge < -0.3 is 11.1 Å². The molecule has 0 spiro atoms. The molecule has 4 heteroatoms. The van der Waals surface area contributed by atoms with Gasteiger partial charge in [-0.05, 0) is 30.4 Å². The molecule has 0 saturated carbocycles. The third kappa shape index (κ3) is 5.66. The van der Waals surface area contributed by atoms with Crippen LogP contribution in [0.15, 0.2) is 30.3 Å². The van der Waals surface area contributed by atoms with Crippen LogP contribution in [-0.2, 0) is 4.79 Å². The van der Waals surface area contributed by atoms with Gasteiger partial charge in [-0.2, -0.15) is 11.8 Å². The molecular formula is C15H24N2OS. The maximum absolute atomic E-state index is 12.0. The number of thioether (sulfide) groups is 1. The van der Waals surface area contributed by atoms with Crippen molar-refractivity contribution in [2.45, 2.75) is 25.8 Å². The molecule has 19 heavy (non-hydrogen) atoms. The van der Waals surface area contributed by atoms with E-state index >= 15 is 0 Å².